The maximum atomic E-state index is 13.0. The smallest absolute Gasteiger partial charge is 0.274 e. The van der Waals surface area contributed by atoms with Crippen LogP contribution in [0, 0.1) is 5.92 Å². The number of aryl methyl sites for hydroxylation is 1. The molecule has 0 saturated carbocycles. The minimum Gasteiger partial charge on any atom is -0.335 e. The Labute approximate surface area is 165 Å². The van der Waals surface area contributed by atoms with Crippen molar-refractivity contribution in [2.75, 3.05) is 42.5 Å². The first-order valence-corrected chi connectivity index (χ1v) is 10.1. The van der Waals surface area contributed by atoms with Crippen LogP contribution in [-0.4, -0.2) is 49.4 Å². The Morgan fingerprint density at radius 1 is 1.07 bits per heavy atom. The van der Waals surface area contributed by atoms with Gasteiger partial charge in [-0.2, -0.15) is 0 Å². The first kappa shape index (κ1) is 18.5. The largest absolute Gasteiger partial charge is 0.335 e. The second-order valence-electron chi connectivity index (χ2n) is 7.49. The van der Waals surface area contributed by atoms with Gasteiger partial charge in [-0.25, -0.2) is 4.98 Å². The van der Waals surface area contributed by atoms with E-state index in [4.69, 9.17) is 0 Å². The second kappa shape index (κ2) is 8.00. The van der Waals surface area contributed by atoms with Crippen LogP contribution in [0.25, 0.3) is 0 Å². The first-order valence-electron chi connectivity index (χ1n) is 10.1. The van der Waals surface area contributed by atoms with Gasteiger partial charge in [0.2, 0.25) is 11.8 Å². The van der Waals surface area contributed by atoms with Crippen molar-refractivity contribution in [3.05, 3.63) is 54.2 Å². The van der Waals surface area contributed by atoms with Gasteiger partial charge in [0.1, 0.15) is 13.1 Å². The molecule has 0 bridgehead atoms. The number of pyridine rings is 1. The number of nitrogens with zero attached hydrogens (tertiary/aromatic N) is 3. The van der Waals surface area contributed by atoms with Crippen LogP contribution in [0.15, 0.2) is 48.7 Å². The number of carbonyl (C=O) groups is 2. The fourth-order valence-electron chi connectivity index (χ4n) is 4.04. The van der Waals surface area contributed by atoms with Crippen LogP contribution in [0.1, 0.15) is 18.9 Å². The molecule has 6 nitrogen and oxygen atoms in total. The van der Waals surface area contributed by atoms with Gasteiger partial charge in [-0.1, -0.05) is 25.1 Å². The van der Waals surface area contributed by atoms with Gasteiger partial charge in [-0.05, 0) is 30.2 Å². The lowest BCUT2D eigenvalue weighted by Gasteiger charge is -2.32. The number of aromatic amines is 1. The number of aromatic nitrogens is 1. The van der Waals surface area contributed by atoms with E-state index in [0.29, 0.717) is 26.1 Å². The minimum atomic E-state index is -0.242. The summed E-state index contributed by atoms with van der Waals surface area (Å²) in [7, 11) is 0. The van der Waals surface area contributed by atoms with Crippen LogP contribution in [0.5, 0.6) is 0 Å². The summed E-state index contributed by atoms with van der Waals surface area (Å²) in [6.07, 6.45) is 3.20. The Morgan fingerprint density at radius 2 is 1.82 bits per heavy atom. The molecule has 0 aliphatic carbocycles. The highest BCUT2D eigenvalue weighted by Crippen LogP contribution is 2.27. The van der Waals surface area contributed by atoms with Crippen LogP contribution in [0.2, 0.25) is 0 Å². The number of hydrogen-bond acceptors (Lipinski definition) is 3. The van der Waals surface area contributed by atoms with Crippen molar-refractivity contribution in [1.29, 1.82) is 0 Å². The van der Waals surface area contributed by atoms with Crippen LogP contribution in [0.3, 0.4) is 0 Å². The fourth-order valence-corrected chi connectivity index (χ4v) is 4.04. The molecule has 4 rings (SSSR count). The van der Waals surface area contributed by atoms with E-state index in [0.717, 1.165) is 31.0 Å². The summed E-state index contributed by atoms with van der Waals surface area (Å²) >= 11 is 0. The molecule has 1 atom stereocenters. The molecule has 2 saturated heterocycles. The highest BCUT2D eigenvalue weighted by Gasteiger charge is 2.38. The number of hydrogen-bond donors (Lipinski definition) is 0. The second-order valence-corrected chi connectivity index (χ2v) is 7.49. The fraction of sp³-hybridized carbons (Fsp3) is 0.409. The van der Waals surface area contributed by atoms with Crippen LogP contribution in [-0.2, 0) is 16.0 Å². The summed E-state index contributed by atoms with van der Waals surface area (Å²) in [5, 5.41) is 0. The summed E-state index contributed by atoms with van der Waals surface area (Å²) in [5.74, 6) is 0.985. The highest BCUT2D eigenvalue weighted by molar-refractivity contribution is 6.00. The Balaban J connectivity index is 1.36. The molecule has 2 amide bonds. The predicted octanol–water partition coefficient (Wildman–Crippen LogP) is 1.76. The topological polar surface area (TPSA) is 58.0 Å². The minimum absolute atomic E-state index is 0.0418. The average molecular weight is 379 g/mol. The van der Waals surface area contributed by atoms with Crippen molar-refractivity contribution >= 4 is 23.3 Å². The van der Waals surface area contributed by atoms with Gasteiger partial charge in [-0.3, -0.25) is 14.5 Å². The highest BCUT2D eigenvalue weighted by atomic mass is 16.2. The van der Waals surface area contributed by atoms with Gasteiger partial charge in [0.25, 0.3) is 5.82 Å². The third kappa shape index (κ3) is 3.72. The molecule has 1 aromatic heterocycles. The van der Waals surface area contributed by atoms with Crippen molar-refractivity contribution in [1.82, 2.24) is 4.90 Å². The Bertz CT molecular complexity index is 829. The van der Waals surface area contributed by atoms with E-state index in [9.17, 15) is 9.59 Å². The van der Waals surface area contributed by atoms with E-state index in [1.54, 1.807) is 4.90 Å². The van der Waals surface area contributed by atoms with Gasteiger partial charge in [0.05, 0.1) is 25.2 Å². The maximum Gasteiger partial charge on any atom is 0.274 e. The summed E-state index contributed by atoms with van der Waals surface area (Å²) in [6, 6.07) is 14.1. The summed E-state index contributed by atoms with van der Waals surface area (Å²) < 4.78 is 0. The maximum absolute atomic E-state index is 13.0. The predicted molar refractivity (Wildman–Crippen MR) is 108 cm³/mol. The van der Waals surface area contributed by atoms with E-state index in [-0.39, 0.29) is 17.7 Å². The van der Waals surface area contributed by atoms with Crippen molar-refractivity contribution < 1.29 is 14.6 Å². The van der Waals surface area contributed by atoms with Crippen LogP contribution in [0.4, 0.5) is 11.5 Å². The van der Waals surface area contributed by atoms with Gasteiger partial charge < -0.3 is 9.80 Å². The normalized spacial score (nSPS) is 20.0. The zero-order valence-corrected chi connectivity index (χ0v) is 16.3. The van der Waals surface area contributed by atoms with Crippen molar-refractivity contribution in [2.24, 2.45) is 5.92 Å². The Morgan fingerprint density at radius 3 is 2.46 bits per heavy atom. The molecule has 146 valence electrons. The SMILES string of the molecule is CCc1ccc(N2C[C@@H](C(=O)N3CCN(c4cccc[nH+]4)CC3)CC2=O)cc1. The summed E-state index contributed by atoms with van der Waals surface area (Å²) in [6.45, 7) is 5.58. The molecular weight excluding hydrogens is 352 g/mol. The zero-order chi connectivity index (χ0) is 19.5. The molecule has 2 aliphatic rings. The number of amides is 2. The first-order chi connectivity index (χ1) is 13.7. The Kier molecular flexibility index (Phi) is 5.28. The number of carbonyl (C=O) groups excluding carboxylic acids is 2. The van der Waals surface area contributed by atoms with Crippen LogP contribution < -0.4 is 14.8 Å². The van der Waals surface area contributed by atoms with E-state index in [1.807, 2.05) is 35.4 Å². The number of piperazine rings is 1. The number of benzene rings is 1. The lowest BCUT2D eigenvalue weighted by Crippen LogP contribution is -2.51. The third-order valence-corrected chi connectivity index (χ3v) is 5.76. The molecule has 1 N–H and O–H groups in total. The van der Waals surface area contributed by atoms with Crippen LogP contribution >= 0.6 is 0 Å². The molecular formula is C22H27N4O2+. The molecule has 2 fully saturated rings. The Hall–Kier alpha value is -2.89. The number of anilines is 2. The molecule has 0 unspecified atom stereocenters. The molecule has 28 heavy (non-hydrogen) atoms. The quantitative estimate of drug-likeness (QED) is 0.813. The van der Waals surface area contributed by atoms with E-state index >= 15 is 0 Å². The lowest BCUT2D eigenvalue weighted by atomic mass is 10.1. The molecule has 0 radical (unpaired) electrons. The van der Waals surface area contributed by atoms with Crippen molar-refractivity contribution in [3.8, 4) is 0 Å². The van der Waals surface area contributed by atoms with Gasteiger partial charge in [0, 0.05) is 24.7 Å². The standard InChI is InChI=1S/C22H26N4O2/c1-2-17-6-8-19(9-7-17)26-16-18(15-21(26)27)22(28)25-13-11-24(12-14-25)20-5-3-4-10-23-20/h3-10,18H,2,11-16H2,1H3/p+1/t18-/m0/s1. The van der Waals surface area contributed by atoms with Crippen molar-refractivity contribution in [2.45, 2.75) is 19.8 Å². The van der Waals surface area contributed by atoms with Gasteiger partial charge in [0.15, 0.2) is 0 Å². The molecule has 2 aliphatic heterocycles. The molecule has 2 aromatic rings. The summed E-state index contributed by atoms with van der Waals surface area (Å²) in [4.78, 5) is 34.7. The van der Waals surface area contributed by atoms with Gasteiger partial charge in [-0.15, -0.1) is 0 Å². The number of rotatable bonds is 4. The zero-order valence-electron chi connectivity index (χ0n) is 16.3. The van der Waals surface area contributed by atoms with E-state index in [1.165, 1.54) is 5.56 Å². The molecule has 6 heteroatoms. The van der Waals surface area contributed by atoms with E-state index in [2.05, 4.69) is 35.0 Å². The van der Waals surface area contributed by atoms with E-state index < -0.39 is 0 Å². The lowest BCUT2D eigenvalue weighted by molar-refractivity contribution is -0.364. The third-order valence-electron chi connectivity index (χ3n) is 5.76. The van der Waals surface area contributed by atoms with Gasteiger partial charge >= 0.3 is 0 Å². The molecule has 1 aromatic carbocycles. The summed E-state index contributed by atoms with van der Waals surface area (Å²) in [5.41, 5.74) is 2.14. The molecule has 0 spiro atoms. The number of H-pyrrole nitrogens is 1. The average Bonchev–Trinajstić information content (AvgIpc) is 3.15. The monoisotopic (exact) mass is 379 g/mol. The molecule has 3 heterocycles. The number of nitrogens with one attached hydrogen (secondary N) is 1. The van der Waals surface area contributed by atoms with Crippen molar-refractivity contribution in [3.63, 3.8) is 0 Å².